The van der Waals surface area contributed by atoms with Crippen molar-refractivity contribution in [1.82, 2.24) is 4.98 Å². The molecular weight excluding hydrogens is 246 g/mol. The molecule has 0 spiro atoms. The third-order valence-corrected chi connectivity index (χ3v) is 3.39. The maximum absolute atomic E-state index is 12.2. The summed E-state index contributed by atoms with van der Waals surface area (Å²) >= 11 is 0. The van der Waals surface area contributed by atoms with Crippen LogP contribution in [0.5, 0.6) is 0 Å². The van der Waals surface area contributed by atoms with Crippen molar-refractivity contribution in [2.75, 3.05) is 0 Å². The minimum absolute atomic E-state index is 0.111. The minimum Gasteiger partial charge on any atom is -0.294 e. The monoisotopic (exact) mass is 267 g/mol. The zero-order valence-corrected chi connectivity index (χ0v) is 12.6. The first-order valence-corrected chi connectivity index (χ1v) is 6.91. The fourth-order valence-corrected chi connectivity index (χ4v) is 2.03. The van der Waals surface area contributed by atoms with Crippen molar-refractivity contribution >= 4 is 5.78 Å². The van der Waals surface area contributed by atoms with Crippen LogP contribution < -0.4 is 0 Å². The number of rotatable bonds is 3. The largest absolute Gasteiger partial charge is 0.294 e. The smallest absolute Gasteiger partial charge is 0.168 e. The van der Waals surface area contributed by atoms with Crippen molar-refractivity contribution < 1.29 is 4.79 Å². The third-order valence-electron chi connectivity index (χ3n) is 3.39. The normalized spacial score (nSPS) is 11.4. The van der Waals surface area contributed by atoms with E-state index in [0.29, 0.717) is 6.42 Å². The molecule has 0 fully saturated rings. The summed E-state index contributed by atoms with van der Waals surface area (Å²) in [5.41, 5.74) is 4.03. The average Bonchev–Trinajstić information content (AvgIpc) is 2.40. The molecule has 0 aliphatic rings. The van der Waals surface area contributed by atoms with Gasteiger partial charge in [0.05, 0.1) is 6.42 Å². The number of hydrogen-bond donors (Lipinski definition) is 0. The first-order valence-electron chi connectivity index (χ1n) is 6.91. The Kier molecular flexibility index (Phi) is 4.03. The van der Waals surface area contributed by atoms with Crippen LogP contribution in [0, 0.1) is 6.92 Å². The quantitative estimate of drug-likeness (QED) is 0.783. The number of aryl methyl sites for hydroxylation is 1. The lowest BCUT2D eigenvalue weighted by Crippen LogP contribution is -2.11. The van der Waals surface area contributed by atoms with Gasteiger partial charge in [-0.25, -0.2) is 0 Å². The number of pyridine rings is 1. The van der Waals surface area contributed by atoms with Crippen LogP contribution in [0.25, 0.3) is 0 Å². The zero-order valence-electron chi connectivity index (χ0n) is 12.6. The number of Topliss-reactive ketones (excluding diaryl/α,β-unsaturated/α-hetero) is 1. The highest BCUT2D eigenvalue weighted by molar-refractivity contribution is 5.97. The Morgan fingerprint density at radius 2 is 1.70 bits per heavy atom. The van der Waals surface area contributed by atoms with Gasteiger partial charge in [-0.05, 0) is 29.5 Å². The lowest BCUT2D eigenvalue weighted by Gasteiger charge is -2.18. The van der Waals surface area contributed by atoms with E-state index >= 15 is 0 Å². The van der Waals surface area contributed by atoms with Crippen molar-refractivity contribution in [1.29, 1.82) is 0 Å². The zero-order chi connectivity index (χ0) is 14.8. The Hall–Kier alpha value is -1.96. The van der Waals surface area contributed by atoms with Gasteiger partial charge in [0.25, 0.3) is 0 Å². The van der Waals surface area contributed by atoms with Crippen LogP contribution in [-0.4, -0.2) is 10.8 Å². The fourth-order valence-electron chi connectivity index (χ4n) is 2.03. The number of carbonyl (C=O) groups excluding carboxylic acids is 1. The molecule has 2 heteroatoms. The van der Waals surface area contributed by atoms with Crippen LogP contribution in [0.1, 0.15) is 48.0 Å². The second-order valence-corrected chi connectivity index (χ2v) is 6.25. The number of carbonyl (C=O) groups is 1. The molecule has 0 saturated heterocycles. The predicted molar refractivity (Wildman–Crippen MR) is 82.2 cm³/mol. The Bertz CT molecular complexity index is 589. The summed E-state index contributed by atoms with van der Waals surface area (Å²) in [6.45, 7) is 8.49. The standard InChI is InChI=1S/C18H21NO/c1-13-5-10-16(19-12-13)11-17(20)14-6-8-15(9-7-14)18(2,3)4/h5-10,12H,11H2,1-4H3. The van der Waals surface area contributed by atoms with E-state index in [0.717, 1.165) is 16.8 Å². The fraction of sp³-hybridized carbons (Fsp3) is 0.333. The van der Waals surface area contributed by atoms with E-state index < -0.39 is 0 Å². The van der Waals surface area contributed by atoms with Crippen molar-refractivity contribution in [3.63, 3.8) is 0 Å². The molecule has 0 saturated carbocycles. The second kappa shape index (κ2) is 5.58. The van der Waals surface area contributed by atoms with Crippen LogP contribution in [0.3, 0.4) is 0 Å². The molecule has 20 heavy (non-hydrogen) atoms. The number of hydrogen-bond acceptors (Lipinski definition) is 2. The number of ketones is 1. The molecule has 1 aromatic heterocycles. The predicted octanol–water partition coefficient (Wildman–Crippen LogP) is 4.11. The average molecular weight is 267 g/mol. The highest BCUT2D eigenvalue weighted by Crippen LogP contribution is 2.22. The molecule has 2 rings (SSSR count). The summed E-state index contributed by atoms with van der Waals surface area (Å²) in [6, 6.07) is 11.8. The second-order valence-electron chi connectivity index (χ2n) is 6.25. The number of benzene rings is 1. The van der Waals surface area contributed by atoms with Gasteiger partial charge >= 0.3 is 0 Å². The third kappa shape index (κ3) is 3.53. The molecule has 0 radical (unpaired) electrons. The summed E-state index contributed by atoms with van der Waals surface area (Å²) in [6.07, 6.45) is 2.15. The van der Waals surface area contributed by atoms with Gasteiger partial charge in [0.15, 0.2) is 5.78 Å². The van der Waals surface area contributed by atoms with Gasteiger partial charge in [0.1, 0.15) is 0 Å². The number of nitrogens with zero attached hydrogens (tertiary/aromatic N) is 1. The van der Waals surface area contributed by atoms with Crippen molar-refractivity contribution in [3.05, 3.63) is 65.0 Å². The molecule has 0 N–H and O–H groups in total. The molecule has 1 aromatic carbocycles. The molecule has 0 amide bonds. The van der Waals surface area contributed by atoms with E-state index in [9.17, 15) is 4.79 Å². The maximum atomic E-state index is 12.2. The highest BCUT2D eigenvalue weighted by atomic mass is 16.1. The van der Waals surface area contributed by atoms with E-state index in [4.69, 9.17) is 0 Å². The molecule has 2 aromatic rings. The summed E-state index contributed by atoms with van der Waals surface area (Å²) in [5, 5.41) is 0. The molecule has 0 atom stereocenters. The number of aromatic nitrogens is 1. The SMILES string of the molecule is Cc1ccc(CC(=O)c2ccc(C(C)(C)C)cc2)nc1. The summed E-state index contributed by atoms with van der Waals surface area (Å²) in [4.78, 5) is 16.5. The van der Waals surface area contributed by atoms with E-state index in [-0.39, 0.29) is 11.2 Å². The molecule has 2 nitrogen and oxygen atoms in total. The molecular formula is C18H21NO. The molecule has 0 aliphatic carbocycles. The molecule has 0 bridgehead atoms. The summed E-state index contributed by atoms with van der Waals surface area (Å²) < 4.78 is 0. The first kappa shape index (κ1) is 14.4. The van der Waals surface area contributed by atoms with E-state index in [2.05, 4.69) is 25.8 Å². The van der Waals surface area contributed by atoms with Gasteiger partial charge in [-0.2, -0.15) is 0 Å². The van der Waals surface area contributed by atoms with Crippen LogP contribution in [0.4, 0.5) is 0 Å². The van der Waals surface area contributed by atoms with Crippen LogP contribution in [0.2, 0.25) is 0 Å². The molecule has 104 valence electrons. The van der Waals surface area contributed by atoms with E-state index in [1.165, 1.54) is 5.56 Å². The van der Waals surface area contributed by atoms with Gasteiger partial charge in [0, 0.05) is 17.5 Å². The molecule has 0 unspecified atom stereocenters. The van der Waals surface area contributed by atoms with E-state index in [1.807, 2.05) is 43.3 Å². The topological polar surface area (TPSA) is 30.0 Å². The van der Waals surface area contributed by atoms with Crippen molar-refractivity contribution in [3.8, 4) is 0 Å². The van der Waals surface area contributed by atoms with Crippen molar-refractivity contribution in [2.24, 2.45) is 0 Å². The van der Waals surface area contributed by atoms with Gasteiger partial charge in [-0.3, -0.25) is 9.78 Å². The Balaban J connectivity index is 2.11. The van der Waals surface area contributed by atoms with E-state index in [1.54, 1.807) is 6.20 Å². The Morgan fingerprint density at radius 1 is 1.05 bits per heavy atom. The van der Waals surface area contributed by atoms with Gasteiger partial charge in [-0.15, -0.1) is 0 Å². The lowest BCUT2D eigenvalue weighted by atomic mass is 9.86. The molecule has 1 heterocycles. The highest BCUT2D eigenvalue weighted by Gasteiger charge is 2.14. The van der Waals surface area contributed by atoms with Crippen molar-refractivity contribution in [2.45, 2.75) is 39.5 Å². The Labute approximate surface area is 120 Å². The first-order chi connectivity index (χ1) is 9.36. The maximum Gasteiger partial charge on any atom is 0.168 e. The Morgan fingerprint density at radius 3 is 2.20 bits per heavy atom. The van der Waals surface area contributed by atoms with Gasteiger partial charge in [0.2, 0.25) is 0 Å². The summed E-state index contributed by atoms with van der Waals surface area (Å²) in [5.74, 6) is 0.113. The summed E-state index contributed by atoms with van der Waals surface area (Å²) in [7, 11) is 0. The van der Waals surface area contributed by atoms with Crippen LogP contribution >= 0.6 is 0 Å². The lowest BCUT2D eigenvalue weighted by molar-refractivity contribution is 0.0992. The van der Waals surface area contributed by atoms with Gasteiger partial charge in [-0.1, -0.05) is 51.1 Å². The van der Waals surface area contributed by atoms with Crippen LogP contribution in [0.15, 0.2) is 42.6 Å². The van der Waals surface area contributed by atoms with Gasteiger partial charge < -0.3 is 0 Å². The van der Waals surface area contributed by atoms with Crippen LogP contribution in [-0.2, 0) is 11.8 Å². The molecule has 0 aliphatic heterocycles. The minimum atomic E-state index is 0.111.